The van der Waals surface area contributed by atoms with Gasteiger partial charge in [-0.05, 0) is 24.3 Å². The molecule has 0 saturated carbocycles. The number of rotatable bonds is 3. The van der Waals surface area contributed by atoms with Gasteiger partial charge in [0.05, 0.1) is 16.9 Å². The van der Waals surface area contributed by atoms with E-state index in [0.29, 0.717) is 11.5 Å². The molecule has 0 saturated heterocycles. The molecule has 1 aliphatic rings. The molecular weight excluding hydrogens is 386 g/mol. The van der Waals surface area contributed by atoms with Crippen LogP contribution in [-0.2, 0) is 0 Å². The van der Waals surface area contributed by atoms with Crippen molar-refractivity contribution in [3.05, 3.63) is 96.6 Å². The van der Waals surface area contributed by atoms with Crippen molar-refractivity contribution < 1.29 is 0 Å². The molecule has 0 aliphatic carbocycles. The van der Waals surface area contributed by atoms with Gasteiger partial charge in [0, 0.05) is 35.3 Å². The van der Waals surface area contributed by atoms with Gasteiger partial charge in [0.15, 0.2) is 17.3 Å². The minimum Gasteiger partial charge on any atom is -0.345 e. The summed E-state index contributed by atoms with van der Waals surface area (Å²) in [6, 6.07) is 18.0. The Kier molecular flexibility index (Phi) is 3.96. The lowest BCUT2D eigenvalue weighted by Crippen LogP contribution is -1.93. The molecule has 7 nitrogen and oxygen atoms in total. The number of hydrogen-bond acceptors (Lipinski definition) is 5. The third-order valence-corrected chi connectivity index (χ3v) is 5.23. The van der Waals surface area contributed by atoms with Gasteiger partial charge in [0.1, 0.15) is 5.52 Å². The first-order valence-electron chi connectivity index (χ1n) is 9.92. The van der Waals surface area contributed by atoms with E-state index in [-0.39, 0.29) is 0 Å². The zero-order valence-corrected chi connectivity index (χ0v) is 16.4. The van der Waals surface area contributed by atoms with Gasteiger partial charge in [0.2, 0.25) is 0 Å². The highest BCUT2D eigenvalue weighted by Gasteiger charge is 2.21. The molecule has 0 unspecified atom stereocenters. The Labute approximate surface area is 177 Å². The highest BCUT2D eigenvalue weighted by molar-refractivity contribution is 5.92. The monoisotopic (exact) mass is 403 g/mol. The molecule has 0 spiro atoms. The predicted molar refractivity (Wildman–Crippen MR) is 121 cm³/mol. The Hall–Kier alpha value is -4.52. The van der Waals surface area contributed by atoms with Crippen LogP contribution in [0.5, 0.6) is 0 Å². The van der Waals surface area contributed by atoms with Crippen LogP contribution in [0.25, 0.3) is 39.4 Å². The Morgan fingerprint density at radius 2 is 1.74 bits per heavy atom. The molecule has 0 bridgehead atoms. The molecule has 31 heavy (non-hydrogen) atoms. The van der Waals surface area contributed by atoms with Crippen LogP contribution in [-0.4, -0.2) is 30.1 Å². The van der Waals surface area contributed by atoms with Crippen LogP contribution in [0.1, 0.15) is 11.3 Å². The number of aromatic amines is 2. The summed E-state index contributed by atoms with van der Waals surface area (Å²) in [7, 11) is 0. The number of allylic oxidation sites excluding steroid dienone is 2. The van der Waals surface area contributed by atoms with Crippen molar-refractivity contribution >= 4 is 22.4 Å². The summed E-state index contributed by atoms with van der Waals surface area (Å²) >= 11 is 0. The summed E-state index contributed by atoms with van der Waals surface area (Å²) in [5.41, 5.74) is 7.14. The number of aromatic nitrogens is 6. The van der Waals surface area contributed by atoms with Crippen molar-refractivity contribution in [2.24, 2.45) is 0 Å². The molecule has 5 heterocycles. The standard InChI is InChI=1S/C24H17N7/c1-2-6-15(7-3-1)18-10-11-19-21(27-18)22(31-30-19)24-28-20-17(16-8-4-12-25-14-16)9-5-13-26-23(20)29-24/h1-14,26H,(H,28,29)(H,30,31). The van der Waals surface area contributed by atoms with Gasteiger partial charge < -0.3 is 10.3 Å². The van der Waals surface area contributed by atoms with Crippen LogP contribution in [0.3, 0.4) is 0 Å². The minimum absolute atomic E-state index is 0.645. The maximum absolute atomic E-state index is 4.87. The maximum atomic E-state index is 4.87. The molecule has 0 atom stereocenters. The number of nitrogens with one attached hydrogen (secondary N) is 3. The van der Waals surface area contributed by atoms with Crippen LogP contribution in [0.4, 0.5) is 5.82 Å². The molecule has 5 aromatic rings. The number of nitrogens with zero attached hydrogens (tertiary/aromatic N) is 4. The molecule has 0 radical (unpaired) electrons. The normalized spacial score (nSPS) is 12.8. The Morgan fingerprint density at radius 1 is 0.839 bits per heavy atom. The van der Waals surface area contributed by atoms with E-state index in [9.17, 15) is 0 Å². The van der Waals surface area contributed by atoms with Crippen LogP contribution >= 0.6 is 0 Å². The summed E-state index contributed by atoms with van der Waals surface area (Å²) in [6.07, 6.45) is 9.45. The molecule has 1 aromatic carbocycles. The topological polar surface area (TPSA) is 95.2 Å². The van der Waals surface area contributed by atoms with Gasteiger partial charge in [-0.2, -0.15) is 5.10 Å². The van der Waals surface area contributed by atoms with Crippen LogP contribution in [0, 0.1) is 0 Å². The summed E-state index contributed by atoms with van der Waals surface area (Å²) in [4.78, 5) is 17.3. The SMILES string of the molecule is C1=CNc2nc(-c3n[nH]c4ccc(-c5ccccc5)nc34)[nH]c2C(c2cccnc2)=C1. The second-order valence-corrected chi connectivity index (χ2v) is 7.17. The van der Waals surface area contributed by atoms with Crippen molar-refractivity contribution in [1.82, 2.24) is 30.1 Å². The van der Waals surface area contributed by atoms with E-state index < -0.39 is 0 Å². The second kappa shape index (κ2) is 7.07. The molecule has 0 amide bonds. The van der Waals surface area contributed by atoms with E-state index in [4.69, 9.17) is 9.97 Å². The first-order valence-corrected chi connectivity index (χ1v) is 9.92. The van der Waals surface area contributed by atoms with Gasteiger partial charge in [-0.25, -0.2) is 9.97 Å². The van der Waals surface area contributed by atoms with Crippen molar-refractivity contribution in [1.29, 1.82) is 0 Å². The summed E-state index contributed by atoms with van der Waals surface area (Å²) in [5, 5.41) is 10.8. The third kappa shape index (κ3) is 3.00. The number of hydrogen-bond donors (Lipinski definition) is 3. The van der Waals surface area contributed by atoms with E-state index in [1.54, 1.807) is 6.20 Å². The molecule has 148 valence electrons. The smallest absolute Gasteiger partial charge is 0.163 e. The Morgan fingerprint density at radius 3 is 2.61 bits per heavy atom. The van der Waals surface area contributed by atoms with Crippen molar-refractivity contribution in [3.8, 4) is 22.8 Å². The molecule has 4 aromatic heterocycles. The Bertz CT molecular complexity index is 1440. The number of fused-ring (bicyclic) bond motifs is 2. The number of imidazole rings is 1. The largest absolute Gasteiger partial charge is 0.345 e. The van der Waals surface area contributed by atoms with Crippen LogP contribution < -0.4 is 5.32 Å². The maximum Gasteiger partial charge on any atom is 0.163 e. The summed E-state index contributed by atoms with van der Waals surface area (Å²) in [5.74, 6) is 1.38. The number of benzene rings is 1. The van der Waals surface area contributed by atoms with Gasteiger partial charge >= 0.3 is 0 Å². The lowest BCUT2D eigenvalue weighted by atomic mass is 10.0. The Balaban J connectivity index is 1.48. The predicted octanol–water partition coefficient (Wildman–Crippen LogP) is 4.78. The average Bonchev–Trinajstić information content (AvgIpc) is 3.39. The number of H-pyrrole nitrogens is 2. The van der Waals surface area contributed by atoms with Gasteiger partial charge in [-0.3, -0.25) is 10.1 Å². The molecule has 3 N–H and O–H groups in total. The molecule has 0 fully saturated rings. The van der Waals surface area contributed by atoms with Crippen molar-refractivity contribution in [2.45, 2.75) is 0 Å². The van der Waals surface area contributed by atoms with Crippen LogP contribution in [0.15, 0.2) is 85.3 Å². The van der Waals surface area contributed by atoms with Crippen molar-refractivity contribution in [2.75, 3.05) is 5.32 Å². The van der Waals surface area contributed by atoms with E-state index in [1.165, 1.54) is 0 Å². The lowest BCUT2D eigenvalue weighted by Gasteiger charge is -2.05. The fourth-order valence-corrected chi connectivity index (χ4v) is 3.74. The fourth-order valence-electron chi connectivity index (χ4n) is 3.74. The van der Waals surface area contributed by atoms with E-state index in [2.05, 4.69) is 25.5 Å². The third-order valence-electron chi connectivity index (χ3n) is 5.23. The van der Waals surface area contributed by atoms with Crippen molar-refractivity contribution in [3.63, 3.8) is 0 Å². The minimum atomic E-state index is 0.645. The quantitative estimate of drug-likeness (QED) is 0.403. The van der Waals surface area contributed by atoms with Gasteiger partial charge in [-0.1, -0.05) is 42.5 Å². The zero-order valence-electron chi connectivity index (χ0n) is 16.4. The number of anilines is 1. The van der Waals surface area contributed by atoms with E-state index >= 15 is 0 Å². The summed E-state index contributed by atoms with van der Waals surface area (Å²) < 4.78 is 0. The highest BCUT2D eigenvalue weighted by Crippen LogP contribution is 2.33. The molecular formula is C24H17N7. The van der Waals surface area contributed by atoms with E-state index in [0.717, 1.165) is 44.9 Å². The van der Waals surface area contributed by atoms with E-state index in [1.807, 2.05) is 79.1 Å². The average molecular weight is 403 g/mol. The second-order valence-electron chi connectivity index (χ2n) is 7.17. The molecule has 1 aliphatic heterocycles. The molecule has 7 heteroatoms. The fraction of sp³-hybridized carbons (Fsp3) is 0. The highest BCUT2D eigenvalue weighted by atomic mass is 15.2. The zero-order chi connectivity index (χ0) is 20.6. The van der Waals surface area contributed by atoms with Gasteiger partial charge in [0.25, 0.3) is 0 Å². The summed E-state index contributed by atoms with van der Waals surface area (Å²) in [6.45, 7) is 0. The van der Waals surface area contributed by atoms with Crippen LogP contribution in [0.2, 0.25) is 0 Å². The molecule has 6 rings (SSSR count). The number of pyridine rings is 2. The van der Waals surface area contributed by atoms with Gasteiger partial charge in [-0.15, -0.1) is 0 Å². The lowest BCUT2D eigenvalue weighted by molar-refractivity contribution is 1.10. The first kappa shape index (κ1) is 17.3. The first-order chi connectivity index (χ1) is 15.4.